The van der Waals surface area contributed by atoms with Crippen molar-refractivity contribution < 1.29 is 8.42 Å². The number of thioether (sulfide) groups is 1. The molecule has 2 rings (SSSR count). The summed E-state index contributed by atoms with van der Waals surface area (Å²) in [6.07, 6.45) is 3.75. The van der Waals surface area contributed by atoms with Crippen LogP contribution in [0.1, 0.15) is 13.3 Å². The van der Waals surface area contributed by atoms with Crippen LogP contribution < -0.4 is 0 Å². The van der Waals surface area contributed by atoms with E-state index < -0.39 is 10.0 Å². The Morgan fingerprint density at radius 2 is 2.50 bits per heavy atom. The average Bonchev–Trinajstić information content (AvgIpc) is 2.83. The highest BCUT2D eigenvalue weighted by Crippen LogP contribution is 2.25. The van der Waals surface area contributed by atoms with E-state index in [0.29, 0.717) is 18.3 Å². The molecular formula is C9H15N3O2S2. The number of rotatable bonds is 3. The Balaban J connectivity index is 2.18. The first-order chi connectivity index (χ1) is 7.64. The zero-order chi connectivity index (χ0) is 11.6. The lowest BCUT2D eigenvalue weighted by Crippen LogP contribution is -2.41. The van der Waals surface area contributed by atoms with E-state index >= 15 is 0 Å². The number of hydrogen-bond acceptors (Lipinski definition) is 4. The fraction of sp³-hybridized carbons (Fsp3) is 0.667. The highest BCUT2D eigenvalue weighted by atomic mass is 32.2. The zero-order valence-electron chi connectivity index (χ0n) is 9.09. The Bertz CT molecular complexity index is 430. The van der Waals surface area contributed by atoms with Crippen molar-refractivity contribution in [1.82, 2.24) is 14.3 Å². The Morgan fingerprint density at radius 1 is 1.69 bits per heavy atom. The van der Waals surface area contributed by atoms with Crippen molar-refractivity contribution in [3.63, 3.8) is 0 Å². The summed E-state index contributed by atoms with van der Waals surface area (Å²) < 4.78 is 25.9. The summed E-state index contributed by atoms with van der Waals surface area (Å²) in [5.41, 5.74) is 0. The highest BCUT2D eigenvalue weighted by Gasteiger charge is 2.30. The van der Waals surface area contributed by atoms with Gasteiger partial charge in [0.2, 0.25) is 0 Å². The lowest BCUT2D eigenvalue weighted by molar-refractivity contribution is 0.414. The van der Waals surface area contributed by atoms with Gasteiger partial charge in [0.1, 0.15) is 0 Å². The largest absolute Gasteiger partial charge is 0.335 e. The molecule has 0 radical (unpaired) electrons. The van der Waals surface area contributed by atoms with E-state index in [-0.39, 0.29) is 5.03 Å². The molecule has 0 aliphatic carbocycles. The van der Waals surface area contributed by atoms with Crippen LogP contribution in [0.3, 0.4) is 0 Å². The average molecular weight is 261 g/mol. The van der Waals surface area contributed by atoms with Gasteiger partial charge in [0.15, 0.2) is 5.03 Å². The Morgan fingerprint density at radius 3 is 3.12 bits per heavy atom. The predicted octanol–water partition coefficient (Wildman–Crippen LogP) is 0.926. The number of aromatic nitrogens is 2. The number of nitrogens with zero attached hydrogens (tertiary/aromatic N) is 2. The number of H-pyrrole nitrogens is 1. The summed E-state index contributed by atoms with van der Waals surface area (Å²) >= 11 is 1.85. The van der Waals surface area contributed by atoms with E-state index in [9.17, 15) is 8.42 Å². The molecule has 1 aliphatic rings. The van der Waals surface area contributed by atoms with E-state index in [1.165, 1.54) is 12.5 Å². The molecule has 1 fully saturated rings. The number of sulfonamides is 1. The van der Waals surface area contributed by atoms with Crippen molar-refractivity contribution in [3.05, 3.63) is 12.5 Å². The number of hydrogen-bond donors (Lipinski definition) is 1. The maximum Gasteiger partial charge on any atom is 0.260 e. The van der Waals surface area contributed by atoms with Gasteiger partial charge in [-0.25, -0.2) is 13.4 Å². The molecule has 1 aromatic heterocycles. The Kier molecular flexibility index (Phi) is 3.56. The van der Waals surface area contributed by atoms with Crippen LogP contribution in [0.15, 0.2) is 17.6 Å². The lowest BCUT2D eigenvalue weighted by Gasteiger charge is -2.30. The van der Waals surface area contributed by atoms with Crippen molar-refractivity contribution in [2.24, 2.45) is 0 Å². The smallest absolute Gasteiger partial charge is 0.260 e. The maximum absolute atomic E-state index is 12.2. The van der Waals surface area contributed by atoms with Crippen molar-refractivity contribution in [1.29, 1.82) is 0 Å². The minimum Gasteiger partial charge on any atom is -0.335 e. The normalized spacial score (nSPS) is 23.4. The molecule has 1 unspecified atom stereocenters. The summed E-state index contributed by atoms with van der Waals surface area (Å²) in [6.45, 7) is 3.27. The Hall–Kier alpha value is -0.530. The molecular weight excluding hydrogens is 246 g/mol. The zero-order valence-corrected chi connectivity index (χ0v) is 10.7. The second-order valence-corrected chi connectivity index (χ2v) is 6.99. The van der Waals surface area contributed by atoms with Crippen LogP contribution in [-0.4, -0.2) is 46.8 Å². The molecule has 1 aromatic rings. The van der Waals surface area contributed by atoms with Gasteiger partial charge in [0.25, 0.3) is 10.0 Å². The molecule has 5 nitrogen and oxygen atoms in total. The van der Waals surface area contributed by atoms with E-state index in [1.807, 2.05) is 11.8 Å². The van der Waals surface area contributed by atoms with Gasteiger partial charge in [0, 0.05) is 24.1 Å². The third kappa shape index (κ3) is 2.26. The molecule has 0 amide bonds. The van der Waals surface area contributed by atoms with Crippen molar-refractivity contribution >= 4 is 21.8 Å². The fourth-order valence-electron chi connectivity index (χ4n) is 1.68. The highest BCUT2D eigenvalue weighted by molar-refractivity contribution is 8.00. The third-order valence-corrected chi connectivity index (χ3v) is 5.81. The van der Waals surface area contributed by atoms with Crippen molar-refractivity contribution in [2.45, 2.75) is 23.6 Å². The summed E-state index contributed by atoms with van der Waals surface area (Å²) in [6, 6.07) is 0. The minimum atomic E-state index is -3.36. The van der Waals surface area contributed by atoms with Crippen molar-refractivity contribution in [3.8, 4) is 0 Å². The number of nitrogens with one attached hydrogen (secondary N) is 1. The summed E-state index contributed by atoms with van der Waals surface area (Å²) in [4.78, 5) is 6.42. The molecule has 1 saturated heterocycles. The van der Waals surface area contributed by atoms with Gasteiger partial charge in [0.05, 0.1) is 12.5 Å². The number of imidazole rings is 1. The van der Waals surface area contributed by atoms with Crippen LogP contribution in [0.4, 0.5) is 0 Å². The van der Waals surface area contributed by atoms with Gasteiger partial charge in [-0.05, 0) is 6.42 Å². The van der Waals surface area contributed by atoms with E-state index in [2.05, 4.69) is 16.9 Å². The van der Waals surface area contributed by atoms with Gasteiger partial charge < -0.3 is 4.98 Å². The molecule has 7 heteroatoms. The SMILES string of the molecule is CCC1CN(S(=O)(=O)c2cnc[nH]2)CCS1. The van der Waals surface area contributed by atoms with E-state index in [1.54, 1.807) is 4.31 Å². The van der Waals surface area contributed by atoms with Gasteiger partial charge in [-0.2, -0.15) is 16.1 Å². The molecule has 1 atom stereocenters. The van der Waals surface area contributed by atoms with Crippen LogP contribution in [0.25, 0.3) is 0 Å². The second-order valence-electron chi connectivity index (χ2n) is 3.68. The molecule has 2 heterocycles. The molecule has 1 N–H and O–H groups in total. The Labute approximate surface area is 99.7 Å². The molecule has 16 heavy (non-hydrogen) atoms. The molecule has 0 spiro atoms. The van der Waals surface area contributed by atoms with Crippen molar-refractivity contribution in [2.75, 3.05) is 18.8 Å². The molecule has 0 aromatic carbocycles. The van der Waals surface area contributed by atoms with Crippen LogP contribution in [-0.2, 0) is 10.0 Å². The van der Waals surface area contributed by atoms with Crippen LogP contribution in [0, 0.1) is 0 Å². The van der Waals surface area contributed by atoms with Gasteiger partial charge in [-0.15, -0.1) is 0 Å². The molecule has 90 valence electrons. The molecule has 0 bridgehead atoms. The molecule has 0 saturated carbocycles. The summed E-state index contributed by atoms with van der Waals surface area (Å²) in [5, 5.41) is 0.598. The fourth-order valence-corrected chi connectivity index (χ4v) is 4.45. The molecule has 1 aliphatic heterocycles. The van der Waals surface area contributed by atoms with Crippen LogP contribution in [0.5, 0.6) is 0 Å². The lowest BCUT2D eigenvalue weighted by atomic mass is 10.3. The standard InChI is InChI=1S/C9H15N3O2S2/c1-2-8-6-12(3-4-15-8)16(13,14)9-5-10-7-11-9/h5,7-8H,2-4,6H2,1H3,(H,10,11). The first-order valence-corrected chi connectivity index (χ1v) is 7.73. The summed E-state index contributed by atoms with van der Waals surface area (Å²) in [5.74, 6) is 0.867. The summed E-state index contributed by atoms with van der Waals surface area (Å²) in [7, 11) is -3.36. The van der Waals surface area contributed by atoms with Gasteiger partial charge >= 0.3 is 0 Å². The quantitative estimate of drug-likeness (QED) is 0.879. The van der Waals surface area contributed by atoms with E-state index in [4.69, 9.17) is 0 Å². The van der Waals surface area contributed by atoms with Gasteiger partial charge in [-0.3, -0.25) is 0 Å². The number of aromatic amines is 1. The first kappa shape index (κ1) is 11.9. The van der Waals surface area contributed by atoms with Crippen LogP contribution >= 0.6 is 11.8 Å². The third-order valence-electron chi connectivity index (χ3n) is 2.65. The second kappa shape index (κ2) is 4.77. The monoisotopic (exact) mass is 261 g/mol. The maximum atomic E-state index is 12.2. The topological polar surface area (TPSA) is 66.1 Å². The van der Waals surface area contributed by atoms with Gasteiger partial charge in [-0.1, -0.05) is 6.92 Å². The van der Waals surface area contributed by atoms with E-state index in [0.717, 1.165) is 12.2 Å². The predicted molar refractivity (Wildman–Crippen MR) is 63.9 cm³/mol. The van der Waals surface area contributed by atoms with Crippen LogP contribution in [0.2, 0.25) is 0 Å². The first-order valence-electron chi connectivity index (χ1n) is 5.24. The minimum absolute atomic E-state index is 0.189.